The molecule has 5 rings (SSSR count). The van der Waals surface area contributed by atoms with Crippen LogP contribution in [0.4, 0.5) is 0 Å². The summed E-state index contributed by atoms with van der Waals surface area (Å²) in [7, 11) is 1.49. The molecule has 2 N–H and O–H groups in total. The minimum Gasteiger partial charge on any atom is -0.495 e. The molecule has 3 unspecified atom stereocenters. The molecule has 0 radical (unpaired) electrons. The molecule has 0 spiro atoms. The maximum absolute atomic E-state index is 11.8. The molecule has 190 valence electrons. The van der Waals surface area contributed by atoms with Crippen LogP contribution in [-0.2, 0) is 16.1 Å². The van der Waals surface area contributed by atoms with Crippen molar-refractivity contribution < 1.29 is 29.2 Å². The number of aromatic nitrogens is 1. The molecular formula is C26H30N4O6. The number of carbonyl (C=O) groups excluding carboxylic acids is 1. The predicted molar refractivity (Wildman–Crippen MR) is 127 cm³/mol. The highest BCUT2D eigenvalue weighted by Crippen LogP contribution is 2.31. The number of carbonyl (C=O) groups is 1. The second kappa shape index (κ2) is 10.1. The Hall–Kier alpha value is -3.07. The summed E-state index contributed by atoms with van der Waals surface area (Å²) < 4.78 is 16.2. The first-order valence-corrected chi connectivity index (χ1v) is 12.0. The number of morpholine rings is 1. The van der Waals surface area contributed by atoms with Gasteiger partial charge in [0.25, 0.3) is 0 Å². The van der Waals surface area contributed by atoms with Gasteiger partial charge >= 0.3 is 5.97 Å². The Morgan fingerprint density at radius 3 is 2.67 bits per heavy atom. The molecule has 4 atom stereocenters. The Balaban J connectivity index is 1.25. The zero-order chi connectivity index (χ0) is 25.4. The van der Waals surface area contributed by atoms with Gasteiger partial charge in [-0.1, -0.05) is 6.07 Å². The van der Waals surface area contributed by atoms with E-state index in [1.54, 1.807) is 12.1 Å². The molecule has 0 amide bonds. The number of fused-ring (bicyclic) bond motifs is 3. The molecule has 0 saturated carbocycles. The van der Waals surface area contributed by atoms with Crippen LogP contribution in [0.3, 0.4) is 0 Å². The molecule has 36 heavy (non-hydrogen) atoms. The zero-order valence-electron chi connectivity index (χ0n) is 20.4. The van der Waals surface area contributed by atoms with Gasteiger partial charge in [0.2, 0.25) is 0 Å². The number of hydrogen-bond donors (Lipinski definition) is 2. The first-order chi connectivity index (χ1) is 17.4. The largest absolute Gasteiger partial charge is 0.495 e. The van der Waals surface area contributed by atoms with Gasteiger partial charge in [0.05, 0.1) is 37.7 Å². The quantitative estimate of drug-likeness (QED) is 0.540. The lowest BCUT2D eigenvalue weighted by Crippen LogP contribution is -2.65. The molecule has 2 saturated heterocycles. The molecule has 10 heteroatoms. The second-order valence-corrected chi connectivity index (χ2v) is 9.60. The highest BCUT2D eigenvalue weighted by atomic mass is 16.5. The molecule has 10 nitrogen and oxygen atoms in total. The lowest BCUT2D eigenvalue weighted by molar-refractivity contribution is -0.113. The Labute approximate surface area is 209 Å². The molecule has 4 heterocycles. The average molecular weight is 495 g/mol. The minimum absolute atomic E-state index is 0.0618. The Bertz CT molecular complexity index is 1180. The van der Waals surface area contributed by atoms with Crippen molar-refractivity contribution in [3.05, 3.63) is 57.9 Å². The van der Waals surface area contributed by atoms with Gasteiger partial charge in [-0.3, -0.25) is 14.8 Å². The van der Waals surface area contributed by atoms with Crippen molar-refractivity contribution in [1.29, 1.82) is 5.26 Å². The first-order valence-electron chi connectivity index (χ1n) is 12.0. The summed E-state index contributed by atoms with van der Waals surface area (Å²) in [5.41, 5.74) is 3.93. The number of β-amino-alcohol motifs (C(OH)–C–C–N with tert-alkyl or cyclic N) is 1. The van der Waals surface area contributed by atoms with Crippen LogP contribution in [0.5, 0.6) is 5.75 Å². The number of aliphatic hydroxyl groups excluding tert-OH is 2. The van der Waals surface area contributed by atoms with Crippen LogP contribution in [0.1, 0.15) is 50.5 Å². The standard InChI is InChI=1S/C26H30N4O6/c1-15-19(3-4-20-21(15)14-36-26(20)33)23(31)10-29-8-17-12-35-13-18(9-29)30(17)11-24(32)22-5-25(34-2)16(6-27)7-28-22/h3-5,7,17-18,23-24,31-32H,8-14H2,1-2H3/t17?,18?,23?,24-/m1/s1. The molecule has 0 aliphatic carbocycles. The van der Waals surface area contributed by atoms with E-state index in [0.717, 1.165) is 16.7 Å². The van der Waals surface area contributed by atoms with Crippen molar-refractivity contribution in [2.45, 2.75) is 37.8 Å². The summed E-state index contributed by atoms with van der Waals surface area (Å²) in [6.07, 6.45) is -0.116. The number of esters is 1. The monoisotopic (exact) mass is 494 g/mol. The summed E-state index contributed by atoms with van der Waals surface area (Å²) in [6.45, 7) is 5.48. The predicted octanol–water partition coefficient (Wildman–Crippen LogP) is 1.09. The highest BCUT2D eigenvalue weighted by Gasteiger charge is 2.40. The normalized spacial score (nSPS) is 23.5. The van der Waals surface area contributed by atoms with Gasteiger partial charge in [-0.05, 0) is 24.1 Å². The van der Waals surface area contributed by atoms with Crippen molar-refractivity contribution in [3.63, 3.8) is 0 Å². The van der Waals surface area contributed by atoms with E-state index in [-0.39, 0.29) is 24.7 Å². The molecule has 3 aliphatic rings. The summed E-state index contributed by atoms with van der Waals surface area (Å²) in [5, 5.41) is 31.2. The summed E-state index contributed by atoms with van der Waals surface area (Å²) in [4.78, 5) is 20.6. The number of ether oxygens (including phenoxy) is 3. The van der Waals surface area contributed by atoms with Gasteiger partial charge in [0.15, 0.2) is 0 Å². The maximum Gasteiger partial charge on any atom is 0.338 e. The van der Waals surface area contributed by atoms with Crippen LogP contribution < -0.4 is 4.74 Å². The van der Waals surface area contributed by atoms with E-state index in [1.165, 1.54) is 13.3 Å². The molecule has 2 aromatic rings. The summed E-state index contributed by atoms with van der Waals surface area (Å²) in [6, 6.07) is 7.33. The third-order valence-corrected chi connectivity index (χ3v) is 7.45. The molecule has 1 aromatic carbocycles. The molecular weight excluding hydrogens is 464 g/mol. The van der Waals surface area contributed by atoms with E-state index in [2.05, 4.69) is 14.8 Å². The number of nitrogens with zero attached hydrogens (tertiary/aromatic N) is 4. The van der Waals surface area contributed by atoms with Crippen LogP contribution in [-0.4, -0.2) is 89.6 Å². The fourth-order valence-corrected chi connectivity index (χ4v) is 5.51. The van der Waals surface area contributed by atoms with Crippen molar-refractivity contribution in [1.82, 2.24) is 14.8 Å². The van der Waals surface area contributed by atoms with Crippen molar-refractivity contribution in [2.75, 3.05) is 46.5 Å². The van der Waals surface area contributed by atoms with Crippen LogP contribution in [0.25, 0.3) is 0 Å². The Morgan fingerprint density at radius 1 is 1.22 bits per heavy atom. The van der Waals surface area contributed by atoms with Gasteiger partial charge in [0.1, 0.15) is 30.1 Å². The van der Waals surface area contributed by atoms with E-state index < -0.39 is 12.2 Å². The SMILES string of the molecule is COc1cc([C@H](O)CN2C3COCC2CN(CC(O)c2ccc4c(c2C)COC4=O)C3)ncc1C#N. The number of methoxy groups -OCH3 is 1. The van der Waals surface area contributed by atoms with E-state index >= 15 is 0 Å². The number of pyridine rings is 1. The minimum atomic E-state index is -0.842. The second-order valence-electron chi connectivity index (χ2n) is 9.60. The number of aliphatic hydroxyl groups is 2. The zero-order valence-corrected chi connectivity index (χ0v) is 20.4. The highest BCUT2D eigenvalue weighted by molar-refractivity contribution is 5.93. The van der Waals surface area contributed by atoms with Crippen LogP contribution in [0.2, 0.25) is 0 Å². The Kier molecular flexibility index (Phi) is 6.92. The van der Waals surface area contributed by atoms with Gasteiger partial charge in [-0.2, -0.15) is 5.26 Å². The van der Waals surface area contributed by atoms with E-state index in [4.69, 9.17) is 14.2 Å². The number of cyclic esters (lactones) is 1. The van der Waals surface area contributed by atoms with Crippen LogP contribution in [0.15, 0.2) is 24.4 Å². The van der Waals surface area contributed by atoms with Gasteiger partial charge in [-0.25, -0.2) is 4.79 Å². The lowest BCUT2D eigenvalue weighted by atomic mass is 9.94. The van der Waals surface area contributed by atoms with Crippen LogP contribution in [0, 0.1) is 18.3 Å². The van der Waals surface area contributed by atoms with Crippen LogP contribution >= 0.6 is 0 Å². The Morgan fingerprint density at radius 2 is 1.97 bits per heavy atom. The van der Waals surface area contributed by atoms with E-state index in [1.807, 2.05) is 19.1 Å². The number of hydrogen-bond acceptors (Lipinski definition) is 10. The summed E-state index contributed by atoms with van der Waals surface area (Å²) >= 11 is 0. The number of piperazine rings is 1. The first kappa shape index (κ1) is 24.6. The third-order valence-electron chi connectivity index (χ3n) is 7.45. The van der Waals surface area contributed by atoms with Gasteiger partial charge in [0, 0.05) is 56.1 Å². The summed E-state index contributed by atoms with van der Waals surface area (Å²) in [5.74, 6) is 0.0802. The van der Waals surface area contributed by atoms with Gasteiger partial charge in [-0.15, -0.1) is 0 Å². The fraction of sp³-hybridized carbons (Fsp3) is 0.500. The average Bonchev–Trinajstić information content (AvgIpc) is 3.25. The van der Waals surface area contributed by atoms with Gasteiger partial charge < -0.3 is 24.4 Å². The number of benzene rings is 1. The third kappa shape index (κ3) is 4.56. The fourth-order valence-electron chi connectivity index (χ4n) is 5.51. The molecule has 2 bridgehead atoms. The van der Waals surface area contributed by atoms with E-state index in [9.17, 15) is 20.3 Å². The molecule has 2 fully saturated rings. The molecule has 3 aliphatic heterocycles. The van der Waals surface area contributed by atoms with E-state index in [0.29, 0.717) is 62.0 Å². The molecule has 1 aromatic heterocycles. The van der Waals surface area contributed by atoms with Crippen molar-refractivity contribution in [3.8, 4) is 11.8 Å². The van der Waals surface area contributed by atoms with Crippen molar-refractivity contribution in [2.24, 2.45) is 0 Å². The van der Waals surface area contributed by atoms with Crippen molar-refractivity contribution >= 4 is 5.97 Å². The number of nitriles is 1. The smallest absolute Gasteiger partial charge is 0.338 e. The number of rotatable bonds is 7. The lowest BCUT2D eigenvalue weighted by Gasteiger charge is -2.50. The topological polar surface area (TPSA) is 128 Å². The maximum atomic E-state index is 11.8.